The van der Waals surface area contributed by atoms with Gasteiger partial charge in [0.25, 0.3) is 11.8 Å². The zero-order valence-electron chi connectivity index (χ0n) is 14.5. The van der Waals surface area contributed by atoms with E-state index in [2.05, 4.69) is 0 Å². The molecule has 134 valence electrons. The molecule has 2 aliphatic rings. The lowest BCUT2D eigenvalue weighted by molar-refractivity contribution is -0.169. The minimum Gasteiger partial charge on any atom is -0.480 e. The fourth-order valence-corrected chi connectivity index (χ4v) is 4.29. The molecule has 0 saturated carbocycles. The van der Waals surface area contributed by atoms with Crippen molar-refractivity contribution in [1.29, 1.82) is 0 Å². The van der Waals surface area contributed by atoms with Gasteiger partial charge in [0, 0.05) is 19.2 Å². The number of hydrazine groups is 1. The van der Waals surface area contributed by atoms with Crippen LogP contribution in [-0.4, -0.2) is 56.4 Å². The van der Waals surface area contributed by atoms with E-state index in [0.717, 1.165) is 16.8 Å². The standard InChI is InChI=1S/C16H24N2O5S/c1-10(19)24-9-7-16(15(2,3)4)13(22)17-8-5-6-11(12(20)21)18(17)14(16)23/h11H,5-9H2,1-4H3,(H,20,21). The largest absolute Gasteiger partial charge is 0.480 e. The van der Waals surface area contributed by atoms with Crippen LogP contribution in [0.5, 0.6) is 0 Å². The SMILES string of the molecule is CC(=O)SCCC1(C(C)(C)C)C(=O)N2CCCC(C(=O)O)N2C1=O. The molecule has 2 fully saturated rings. The van der Waals surface area contributed by atoms with Gasteiger partial charge in [-0.25, -0.2) is 14.8 Å². The molecule has 2 unspecified atom stereocenters. The van der Waals surface area contributed by atoms with Crippen molar-refractivity contribution in [2.45, 2.75) is 53.0 Å². The van der Waals surface area contributed by atoms with E-state index >= 15 is 0 Å². The van der Waals surface area contributed by atoms with Crippen molar-refractivity contribution in [2.24, 2.45) is 10.8 Å². The maximum absolute atomic E-state index is 13.2. The highest BCUT2D eigenvalue weighted by Gasteiger charge is 2.65. The predicted octanol–water partition coefficient (Wildman–Crippen LogP) is 1.52. The van der Waals surface area contributed by atoms with Crippen molar-refractivity contribution < 1.29 is 24.3 Å². The maximum Gasteiger partial charge on any atom is 0.328 e. The molecule has 0 aromatic rings. The first-order chi connectivity index (χ1) is 11.0. The van der Waals surface area contributed by atoms with E-state index in [-0.39, 0.29) is 17.4 Å². The van der Waals surface area contributed by atoms with Gasteiger partial charge in [0.05, 0.1) is 0 Å². The van der Waals surface area contributed by atoms with Crippen LogP contribution in [0.1, 0.15) is 47.0 Å². The molecule has 2 saturated heterocycles. The summed E-state index contributed by atoms with van der Waals surface area (Å²) < 4.78 is 0. The Kier molecular flexibility index (Phi) is 4.99. The highest BCUT2D eigenvalue weighted by Crippen LogP contribution is 2.51. The van der Waals surface area contributed by atoms with Crippen molar-refractivity contribution in [3.05, 3.63) is 0 Å². The van der Waals surface area contributed by atoms with E-state index in [1.807, 2.05) is 20.8 Å². The Morgan fingerprint density at radius 2 is 1.92 bits per heavy atom. The Hall–Kier alpha value is -1.57. The number of carboxylic acids is 1. The van der Waals surface area contributed by atoms with Crippen molar-refractivity contribution in [3.63, 3.8) is 0 Å². The second kappa shape index (κ2) is 6.38. The molecule has 8 heteroatoms. The smallest absolute Gasteiger partial charge is 0.328 e. The molecule has 0 bridgehead atoms. The minimum atomic E-state index is -1.33. The van der Waals surface area contributed by atoms with Gasteiger partial charge in [0.15, 0.2) is 11.2 Å². The average Bonchev–Trinajstić information content (AvgIpc) is 2.69. The topological polar surface area (TPSA) is 95.0 Å². The number of carbonyl (C=O) groups excluding carboxylic acids is 3. The second-order valence-electron chi connectivity index (χ2n) is 7.32. The molecule has 7 nitrogen and oxygen atoms in total. The Labute approximate surface area is 145 Å². The summed E-state index contributed by atoms with van der Waals surface area (Å²) in [7, 11) is 0. The zero-order chi connectivity index (χ0) is 18.3. The number of carboxylic acid groups (broad SMARTS) is 1. The molecule has 0 radical (unpaired) electrons. The first-order valence-electron chi connectivity index (χ1n) is 8.06. The van der Waals surface area contributed by atoms with Gasteiger partial charge in [0.2, 0.25) is 0 Å². The molecule has 2 atom stereocenters. The van der Waals surface area contributed by atoms with Gasteiger partial charge in [-0.05, 0) is 24.7 Å². The van der Waals surface area contributed by atoms with Crippen LogP contribution in [0, 0.1) is 10.8 Å². The summed E-state index contributed by atoms with van der Waals surface area (Å²) in [5, 5.41) is 11.8. The lowest BCUT2D eigenvalue weighted by atomic mass is 9.64. The molecule has 0 spiro atoms. The van der Waals surface area contributed by atoms with Crippen LogP contribution in [0.3, 0.4) is 0 Å². The number of nitrogens with zero attached hydrogens (tertiary/aromatic N) is 2. The van der Waals surface area contributed by atoms with E-state index in [1.165, 1.54) is 11.9 Å². The van der Waals surface area contributed by atoms with Crippen LogP contribution in [0.15, 0.2) is 0 Å². The van der Waals surface area contributed by atoms with Crippen molar-refractivity contribution in [3.8, 4) is 0 Å². The van der Waals surface area contributed by atoms with Crippen LogP contribution in [0.25, 0.3) is 0 Å². The summed E-state index contributed by atoms with van der Waals surface area (Å²) >= 11 is 1.08. The molecule has 2 amide bonds. The third-order valence-corrected chi connectivity index (χ3v) is 5.74. The van der Waals surface area contributed by atoms with Crippen LogP contribution >= 0.6 is 11.8 Å². The number of amides is 2. The van der Waals surface area contributed by atoms with Crippen LogP contribution in [0.2, 0.25) is 0 Å². The molecular formula is C16H24N2O5S. The van der Waals surface area contributed by atoms with Gasteiger partial charge in [-0.3, -0.25) is 14.4 Å². The average molecular weight is 356 g/mol. The summed E-state index contributed by atoms with van der Waals surface area (Å²) in [6, 6.07) is -1.00. The Balaban J connectivity index is 2.43. The van der Waals surface area contributed by atoms with Gasteiger partial charge in [-0.15, -0.1) is 0 Å². The van der Waals surface area contributed by atoms with E-state index < -0.39 is 28.7 Å². The van der Waals surface area contributed by atoms with Crippen LogP contribution in [0.4, 0.5) is 0 Å². The quantitative estimate of drug-likeness (QED) is 0.768. The Bertz CT molecular complexity index is 586. The molecule has 2 heterocycles. The maximum atomic E-state index is 13.2. The summed E-state index contributed by atoms with van der Waals surface area (Å²) in [5.74, 6) is -1.53. The van der Waals surface area contributed by atoms with Gasteiger partial charge >= 0.3 is 5.97 Å². The van der Waals surface area contributed by atoms with E-state index in [0.29, 0.717) is 25.1 Å². The van der Waals surface area contributed by atoms with Gasteiger partial charge in [-0.2, -0.15) is 0 Å². The molecule has 2 aliphatic heterocycles. The number of aliphatic carboxylic acids is 1. The Morgan fingerprint density at radius 1 is 1.29 bits per heavy atom. The first kappa shape index (κ1) is 18.8. The number of hydrogen-bond donors (Lipinski definition) is 1. The minimum absolute atomic E-state index is 0.0709. The van der Waals surface area contributed by atoms with Crippen molar-refractivity contribution >= 4 is 34.7 Å². The van der Waals surface area contributed by atoms with Crippen LogP contribution in [-0.2, 0) is 19.2 Å². The first-order valence-corrected chi connectivity index (χ1v) is 9.04. The second-order valence-corrected chi connectivity index (χ2v) is 8.59. The third kappa shape index (κ3) is 2.81. The van der Waals surface area contributed by atoms with Gasteiger partial charge < -0.3 is 5.11 Å². The number of carbonyl (C=O) groups is 4. The summed E-state index contributed by atoms with van der Waals surface area (Å²) in [4.78, 5) is 49.1. The highest BCUT2D eigenvalue weighted by atomic mass is 32.2. The lowest BCUT2D eigenvalue weighted by Crippen LogP contribution is -2.54. The zero-order valence-corrected chi connectivity index (χ0v) is 15.3. The molecule has 24 heavy (non-hydrogen) atoms. The summed E-state index contributed by atoms with van der Waals surface area (Å²) in [6.07, 6.45) is 1.11. The molecule has 0 aromatic carbocycles. The molecule has 0 aliphatic carbocycles. The molecular weight excluding hydrogens is 332 g/mol. The number of hydrogen-bond acceptors (Lipinski definition) is 5. The van der Waals surface area contributed by atoms with Crippen LogP contribution < -0.4 is 0 Å². The molecule has 2 rings (SSSR count). The monoisotopic (exact) mass is 356 g/mol. The van der Waals surface area contributed by atoms with E-state index in [9.17, 15) is 24.3 Å². The fraction of sp³-hybridized carbons (Fsp3) is 0.750. The molecule has 0 aromatic heterocycles. The van der Waals surface area contributed by atoms with Crippen molar-refractivity contribution in [2.75, 3.05) is 12.3 Å². The molecule has 1 N–H and O–H groups in total. The Morgan fingerprint density at radius 3 is 2.42 bits per heavy atom. The van der Waals surface area contributed by atoms with E-state index in [4.69, 9.17) is 0 Å². The number of rotatable bonds is 4. The third-order valence-electron chi connectivity index (χ3n) is 4.92. The van der Waals surface area contributed by atoms with E-state index in [1.54, 1.807) is 0 Å². The highest BCUT2D eigenvalue weighted by molar-refractivity contribution is 8.13. The fourth-order valence-electron chi connectivity index (χ4n) is 3.60. The van der Waals surface area contributed by atoms with Crippen molar-refractivity contribution in [1.82, 2.24) is 10.0 Å². The summed E-state index contributed by atoms with van der Waals surface area (Å²) in [5.41, 5.74) is -2.01. The van der Waals surface area contributed by atoms with Gasteiger partial charge in [-0.1, -0.05) is 32.5 Å². The number of fused-ring (bicyclic) bond motifs is 1. The normalized spacial score (nSPS) is 27.4. The summed E-state index contributed by atoms with van der Waals surface area (Å²) in [6.45, 7) is 7.25. The predicted molar refractivity (Wildman–Crippen MR) is 88.9 cm³/mol. The van der Waals surface area contributed by atoms with Gasteiger partial charge in [0.1, 0.15) is 5.41 Å². The number of thioether (sulfide) groups is 1. The lowest BCUT2D eigenvalue weighted by Gasteiger charge is -2.37.